The standard InChI is InChI=1S/C48H56ClN7O7/c1-63-48(62)40-28-35-33-12-7-8-14-38(33)51-43(35)44(56(40)42(58)29-49)31-16-18-32(19-17-31)46(60)54-26-24-53(25-27-54)23-10-6-4-2-3-5-9-22-50-37-15-11-13-34-36(37)30-55(47(34)61)39-20-21-41(57)52-45(39)59/h7-8,11-19,39-40,44,50-51H,2-6,9-10,20-30H2,1H3,(H,52,57,59)/t39?,40-,44+/m1/s1. The molecule has 4 aliphatic heterocycles. The van der Waals surface area contributed by atoms with Gasteiger partial charge in [-0.2, -0.15) is 0 Å². The number of aromatic amines is 1. The Morgan fingerprint density at radius 3 is 2.30 bits per heavy atom. The third-order valence-corrected chi connectivity index (χ3v) is 13.4. The number of esters is 1. The molecule has 0 spiro atoms. The van der Waals surface area contributed by atoms with Crippen LogP contribution >= 0.6 is 11.6 Å². The molecule has 4 aromatic rings. The molecule has 4 aliphatic rings. The van der Waals surface area contributed by atoms with E-state index in [0.717, 1.165) is 84.4 Å². The van der Waals surface area contributed by atoms with E-state index in [-0.39, 0.29) is 35.9 Å². The number of alkyl halides is 1. The molecule has 332 valence electrons. The van der Waals surface area contributed by atoms with Crippen LogP contribution in [0.4, 0.5) is 5.69 Å². The van der Waals surface area contributed by atoms with Crippen molar-refractivity contribution < 1.29 is 33.5 Å². The molecule has 0 saturated carbocycles. The maximum atomic E-state index is 13.7. The Kier molecular flexibility index (Phi) is 13.8. The minimum absolute atomic E-state index is 0.0216. The molecule has 2 fully saturated rings. The lowest BCUT2D eigenvalue weighted by molar-refractivity contribution is -0.154. The molecule has 3 N–H and O–H groups in total. The summed E-state index contributed by atoms with van der Waals surface area (Å²) in [6.07, 6.45) is 8.89. The first kappa shape index (κ1) is 43.9. The Balaban J connectivity index is 0.745. The van der Waals surface area contributed by atoms with E-state index in [2.05, 4.69) is 20.5 Å². The Hall–Kier alpha value is -5.73. The Morgan fingerprint density at radius 2 is 1.57 bits per heavy atom. The van der Waals surface area contributed by atoms with Crippen LogP contribution in [0.2, 0.25) is 0 Å². The van der Waals surface area contributed by atoms with E-state index in [4.69, 9.17) is 16.3 Å². The lowest BCUT2D eigenvalue weighted by atomic mass is 9.87. The van der Waals surface area contributed by atoms with Gasteiger partial charge in [0.1, 0.15) is 18.0 Å². The van der Waals surface area contributed by atoms with Gasteiger partial charge in [-0.15, -0.1) is 11.6 Å². The maximum absolute atomic E-state index is 13.7. The van der Waals surface area contributed by atoms with E-state index >= 15 is 0 Å². The Bertz CT molecular complexity index is 2360. The monoisotopic (exact) mass is 877 g/mol. The van der Waals surface area contributed by atoms with Gasteiger partial charge in [0.15, 0.2) is 0 Å². The normalized spacial score (nSPS) is 20.1. The molecular formula is C48H56ClN7O7. The lowest BCUT2D eigenvalue weighted by Gasteiger charge is -2.40. The summed E-state index contributed by atoms with van der Waals surface area (Å²) in [5.41, 5.74) is 6.51. The van der Waals surface area contributed by atoms with Gasteiger partial charge in [-0.25, -0.2) is 4.79 Å². The summed E-state index contributed by atoms with van der Waals surface area (Å²) in [7, 11) is 1.32. The number of methoxy groups -OCH3 is 1. The number of para-hydroxylation sites is 1. The summed E-state index contributed by atoms with van der Waals surface area (Å²) in [4.78, 5) is 88.3. The highest BCUT2D eigenvalue weighted by Gasteiger charge is 2.44. The van der Waals surface area contributed by atoms with E-state index in [1.165, 1.54) is 37.7 Å². The molecule has 0 aliphatic carbocycles. The Labute approximate surface area is 372 Å². The number of amides is 5. The predicted octanol–water partition coefficient (Wildman–Crippen LogP) is 5.78. The van der Waals surface area contributed by atoms with Gasteiger partial charge in [0.05, 0.1) is 13.2 Å². The van der Waals surface area contributed by atoms with Gasteiger partial charge in [-0.1, -0.05) is 68.5 Å². The average Bonchev–Trinajstić information content (AvgIpc) is 3.85. The van der Waals surface area contributed by atoms with Crippen LogP contribution in [0.3, 0.4) is 0 Å². The number of benzene rings is 3. The number of anilines is 1. The van der Waals surface area contributed by atoms with E-state index in [9.17, 15) is 28.8 Å². The molecule has 1 aromatic heterocycles. The predicted molar refractivity (Wildman–Crippen MR) is 239 cm³/mol. The third-order valence-electron chi connectivity index (χ3n) is 13.2. The summed E-state index contributed by atoms with van der Waals surface area (Å²) in [5.74, 6) is -2.03. The van der Waals surface area contributed by atoms with Gasteiger partial charge in [0.25, 0.3) is 11.8 Å². The number of nitrogens with one attached hydrogen (secondary N) is 3. The molecule has 5 heterocycles. The highest BCUT2D eigenvalue weighted by Crippen LogP contribution is 2.41. The molecule has 0 radical (unpaired) electrons. The minimum Gasteiger partial charge on any atom is -0.467 e. The van der Waals surface area contributed by atoms with Crippen LogP contribution in [0.15, 0.2) is 66.7 Å². The quantitative estimate of drug-likeness (QED) is 0.0548. The molecule has 1 unspecified atom stereocenters. The van der Waals surface area contributed by atoms with Crippen LogP contribution in [-0.2, 0) is 36.9 Å². The van der Waals surface area contributed by atoms with Crippen molar-refractivity contribution in [1.82, 2.24) is 29.9 Å². The molecule has 2 saturated heterocycles. The van der Waals surface area contributed by atoms with E-state index in [0.29, 0.717) is 43.6 Å². The summed E-state index contributed by atoms with van der Waals surface area (Å²) < 4.78 is 5.16. The van der Waals surface area contributed by atoms with Gasteiger partial charge in [0.2, 0.25) is 17.7 Å². The second kappa shape index (κ2) is 19.8. The largest absolute Gasteiger partial charge is 0.467 e. The van der Waals surface area contributed by atoms with Crippen LogP contribution in [0.1, 0.15) is 107 Å². The zero-order chi connectivity index (χ0) is 44.0. The number of hydrogen-bond donors (Lipinski definition) is 3. The number of carbonyl (C=O) groups is 6. The van der Waals surface area contributed by atoms with Crippen molar-refractivity contribution in [2.24, 2.45) is 0 Å². The number of unbranched alkanes of at least 4 members (excludes halogenated alkanes) is 6. The first-order chi connectivity index (χ1) is 30.7. The second-order valence-electron chi connectivity index (χ2n) is 17.0. The summed E-state index contributed by atoms with van der Waals surface area (Å²) in [6.45, 7) is 5.19. The smallest absolute Gasteiger partial charge is 0.328 e. The van der Waals surface area contributed by atoms with Crippen molar-refractivity contribution in [3.05, 3.63) is 100 Å². The average molecular weight is 878 g/mol. The third kappa shape index (κ3) is 9.33. The molecule has 8 rings (SSSR count). The zero-order valence-electron chi connectivity index (χ0n) is 35.8. The number of piperazine rings is 1. The number of rotatable bonds is 16. The van der Waals surface area contributed by atoms with Gasteiger partial charge in [0, 0.05) is 91.1 Å². The molecule has 3 aromatic carbocycles. The summed E-state index contributed by atoms with van der Waals surface area (Å²) in [5, 5.41) is 6.87. The number of carbonyl (C=O) groups excluding carboxylic acids is 6. The van der Waals surface area contributed by atoms with Crippen molar-refractivity contribution in [1.29, 1.82) is 0 Å². The van der Waals surface area contributed by atoms with Gasteiger partial charge in [-0.05, 0) is 67.3 Å². The Morgan fingerprint density at radius 1 is 0.841 bits per heavy atom. The van der Waals surface area contributed by atoms with E-state index in [1.807, 2.05) is 71.6 Å². The topological polar surface area (TPSA) is 164 Å². The van der Waals surface area contributed by atoms with Gasteiger partial charge < -0.3 is 29.7 Å². The molecule has 15 heteroatoms. The SMILES string of the molecule is COC(=O)[C@H]1Cc2c([nH]c3ccccc23)[C@H](c2ccc(C(=O)N3CCN(CCCCCCCCCNc4cccc5c4CN(C4CCC(=O)NC4=O)C5=O)CC3)cc2)N1C(=O)CCl. The van der Waals surface area contributed by atoms with Crippen molar-refractivity contribution in [3.63, 3.8) is 0 Å². The number of ether oxygens (including phenoxy) is 1. The van der Waals surface area contributed by atoms with Crippen LogP contribution in [0.25, 0.3) is 10.9 Å². The molecule has 0 bridgehead atoms. The fourth-order valence-electron chi connectivity index (χ4n) is 9.82. The fraction of sp³-hybridized carbons (Fsp3) is 0.458. The van der Waals surface area contributed by atoms with Crippen LogP contribution in [-0.4, -0.2) is 124 Å². The lowest BCUT2D eigenvalue weighted by Crippen LogP contribution is -2.52. The van der Waals surface area contributed by atoms with E-state index < -0.39 is 30.0 Å². The van der Waals surface area contributed by atoms with Crippen LogP contribution in [0.5, 0.6) is 0 Å². The number of aromatic nitrogens is 1. The second-order valence-corrected chi connectivity index (χ2v) is 17.3. The zero-order valence-corrected chi connectivity index (χ0v) is 36.6. The van der Waals surface area contributed by atoms with Crippen molar-refractivity contribution in [3.8, 4) is 0 Å². The fourth-order valence-corrected chi connectivity index (χ4v) is 9.95. The van der Waals surface area contributed by atoms with Gasteiger partial charge in [-0.3, -0.25) is 34.2 Å². The molecule has 3 atom stereocenters. The number of halogens is 1. The van der Waals surface area contributed by atoms with Crippen molar-refractivity contribution >= 4 is 63.7 Å². The number of H-pyrrole nitrogens is 1. The number of nitrogens with zero attached hydrogens (tertiary/aromatic N) is 4. The molecule has 14 nitrogen and oxygen atoms in total. The summed E-state index contributed by atoms with van der Waals surface area (Å²) in [6, 6.07) is 18.8. The van der Waals surface area contributed by atoms with Crippen LogP contribution in [0, 0.1) is 0 Å². The number of fused-ring (bicyclic) bond motifs is 4. The molecular weight excluding hydrogens is 822 g/mol. The first-order valence-electron chi connectivity index (χ1n) is 22.3. The molecule has 5 amide bonds. The van der Waals surface area contributed by atoms with Gasteiger partial charge >= 0.3 is 5.97 Å². The number of hydrogen-bond acceptors (Lipinski definition) is 9. The van der Waals surface area contributed by atoms with Crippen molar-refractivity contribution in [2.75, 3.05) is 57.6 Å². The molecule has 63 heavy (non-hydrogen) atoms. The number of piperidine rings is 1. The minimum atomic E-state index is -0.849. The van der Waals surface area contributed by atoms with Crippen molar-refractivity contribution in [2.45, 2.75) is 88.9 Å². The maximum Gasteiger partial charge on any atom is 0.328 e. The highest BCUT2D eigenvalue weighted by atomic mass is 35.5. The first-order valence-corrected chi connectivity index (χ1v) is 22.9. The summed E-state index contributed by atoms with van der Waals surface area (Å²) >= 11 is 6.11. The highest BCUT2D eigenvalue weighted by molar-refractivity contribution is 6.27. The number of imide groups is 1. The van der Waals surface area contributed by atoms with E-state index in [1.54, 1.807) is 4.90 Å². The van der Waals surface area contributed by atoms with Crippen LogP contribution < -0.4 is 10.6 Å².